The number of hydrogen-bond donors (Lipinski definition) is 1. The summed E-state index contributed by atoms with van der Waals surface area (Å²) in [6.07, 6.45) is -5.36. The highest BCUT2D eigenvalue weighted by Crippen LogP contribution is 2.40. The van der Waals surface area contributed by atoms with E-state index in [0.29, 0.717) is 0 Å². The van der Waals surface area contributed by atoms with Crippen molar-refractivity contribution in [3.63, 3.8) is 0 Å². The molecule has 0 aromatic carbocycles. The van der Waals surface area contributed by atoms with Gasteiger partial charge in [-0.1, -0.05) is 20.8 Å². The van der Waals surface area contributed by atoms with Gasteiger partial charge < -0.3 is 24.4 Å². The second-order valence-electron chi connectivity index (χ2n) is 9.68. The second kappa shape index (κ2) is 8.22. The van der Waals surface area contributed by atoms with Crippen molar-refractivity contribution in [3.05, 3.63) is 0 Å². The van der Waals surface area contributed by atoms with Gasteiger partial charge in [0.1, 0.15) is 12.2 Å². The Hall–Kier alpha value is -0.773. The Kier molecular flexibility index (Phi) is 7.02. The molecule has 0 aromatic heterocycles. The highest BCUT2D eigenvalue weighted by atomic mass is 32.2. The van der Waals surface area contributed by atoms with Gasteiger partial charge in [0.15, 0.2) is 26.3 Å². The summed E-state index contributed by atoms with van der Waals surface area (Å²) in [6, 6.07) is -1.01. The normalized spacial score (nSPS) is 30.6. The minimum atomic E-state index is -6.01. The van der Waals surface area contributed by atoms with Gasteiger partial charge in [0.2, 0.25) is 6.04 Å². The van der Waals surface area contributed by atoms with Gasteiger partial charge in [0.25, 0.3) is 0 Å². The van der Waals surface area contributed by atoms with Crippen molar-refractivity contribution < 1.29 is 54.9 Å². The van der Waals surface area contributed by atoms with Crippen LogP contribution in [-0.4, -0.2) is 71.1 Å². The zero-order valence-corrected chi connectivity index (χ0v) is 20.4. The predicted octanol–water partition coefficient (Wildman–Crippen LogP) is 1.30. The number of halogens is 3. The van der Waals surface area contributed by atoms with Crippen LogP contribution in [0.4, 0.5) is 13.2 Å². The zero-order chi connectivity index (χ0) is 24.2. The third kappa shape index (κ3) is 5.60. The third-order valence-corrected chi connectivity index (χ3v) is 11.3. The van der Waals surface area contributed by atoms with Crippen LogP contribution < -0.4 is 5.73 Å². The van der Waals surface area contributed by atoms with Crippen LogP contribution in [0, 0.1) is 0 Å². The molecular weight excluding hydrogens is 463 g/mol. The molecule has 2 heterocycles. The van der Waals surface area contributed by atoms with Crippen LogP contribution in [0.2, 0.25) is 18.1 Å². The molecule has 0 amide bonds. The molecule has 9 nitrogen and oxygen atoms in total. The summed E-state index contributed by atoms with van der Waals surface area (Å²) in [6.45, 7) is 11.9. The first-order valence-electron chi connectivity index (χ1n) is 9.71. The van der Waals surface area contributed by atoms with Crippen LogP contribution in [0.25, 0.3) is 0 Å². The molecule has 0 bridgehead atoms. The maximum atomic E-state index is 13.0. The average Bonchev–Trinajstić information content (AvgIpc) is 2.88. The number of fused-ring (bicyclic) bond motifs is 1. The molecule has 0 aliphatic carbocycles. The number of rotatable bonds is 6. The summed E-state index contributed by atoms with van der Waals surface area (Å²) < 4.78 is 89.7. The van der Waals surface area contributed by atoms with E-state index in [4.69, 9.17) is 18.6 Å². The predicted molar refractivity (Wildman–Crippen MR) is 103 cm³/mol. The first kappa shape index (κ1) is 26.5. The molecule has 0 radical (unpaired) electrons. The van der Waals surface area contributed by atoms with E-state index in [1.54, 1.807) is 13.8 Å². The Morgan fingerprint density at radius 1 is 1.16 bits per heavy atom. The number of quaternary nitrogens is 1. The summed E-state index contributed by atoms with van der Waals surface area (Å²) in [4.78, 5) is 12.3. The molecule has 2 fully saturated rings. The molecule has 31 heavy (non-hydrogen) atoms. The van der Waals surface area contributed by atoms with Crippen molar-refractivity contribution in [1.82, 2.24) is 0 Å². The highest BCUT2D eigenvalue weighted by molar-refractivity contribution is 7.87. The summed E-state index contributed by atoms with van der Waals surface area (Å²) >= 11 is 0. The zero-order valence-electron chi connectivity index (χ0n) is 18.6. The van der Waals surface area contributed by atoms with Gasteiger partial charge >= 0.3 is 21.6 Å². The quantitative estimate of drug-likeness (QED) is 0.254. The van der Waals surface area contributed by atoms with E-state index < -0.39 is 72.8 Å². The van der Waals surface area contributed by atoms with E-state index in [1.807, 2.05) is 33.9 Å². The van der Waals surface area contributed by atoms with Gasteiger partial charge in [-0.25, -0.2) is 4.79 Å². The van der Waals surface area contributed by atoms with E-state index in [9.17, 15) is 26.4 Å². The number of cyclic esters (lactones) is 1. The summed E-state index contributed by atoms with van der Waals surface area (Å²) in [7, 11) is -8.53. The van der Waals surface area contributed by atoms with Gasteiger partial charge in [-0.05, 0) is 32.0 Å². The Morgan fingerprint density at radius 3 is 2.16 bits per heavy atom. The molecule has 5 atom stereocenters. The standard InChI is InChI=1S/C17H30F3NO8SSi/c1-15(2,3)31(6,7)25-8-9(29-30(23,24)17(18,19)20)11-13-12(10(21)14(22)26-11)27-16(4,5)28-13/h9-13H,8,21H2,1-7H3/p+1/t9-,10+,11-,12-,13+/m1/s1. The lowest BCUT2D eigenvalue weighted by Crippen LogP contribution is -2.76. The fourth-order valence-corrected chi connectivity index (χ4v) is 4.61. The maximum absolute atomic E-state index is 13.0. The highest BCUT2D eigenvalue weighted by Gasteiger charge is 2.60. The first-order valence-corrected chi connectivity index (χ1v) is 14.0. The Morgan fingerprint density at radius 2 is 1.68 bits per heavy atom. The van der Waals surface area contributed by atoms with Crippen molar-refractivity contribution in [2.45, 2.75) is 94.5 Å². The van der Waals surface area contributed by atoms with E-state index in [-0.39, 0.29) is 5.04 Å². The number of hydrogen-bond acceptors (Lipinski definition) is 8. The molecule has 0 saturated carbocycles. The van der Waals surface area contributed by atoms with Crippen LogP contribution in [0.3, 0.4) is 0 Å². The number of alkyl halides is 3. The van der Waals surface area contributed by atoms with Gasteiger partial charge in [0, 0.05) is 0 Å². The number of carbonyl (C=O) groups is 1. The van der Waals surface area contributed by atoms with E-state index in [1.165, 1.54) is 0 Å². The molecule has 2 aliphatic rings. The van der Waals surface area contributed by atoms with Crippen LogP contribution in [0.1, 0.15) is 34.6 Å². The molecule has 2 aliphatic heterocycles. The monoisotopic (exact) mass is 494 g/mol. The van der Waals surface area contributed by atoms with Gasteiger partial charge in [-0.3, -0.25) is 4.18 Å². The minimum Gasteiger partial charge on any atom is -0.452 e. The van der Waals surface area contributed by atoms with Crippen LogP contribution in [0.15, 0.2) is 0 Å². The largest absolute Gasteiger partial charge is 0.523 e. The lowest BCUT2D eigenvalue weighted by Gasteiger charge is -2.40. The SMILES string of the molecule is CC1(C)O[C@@H]2[C@H](O1)[C@H]([NH3+])C(=O)O[C@@H]2[C@@H](CO[Si](C)(C)C(C)(C)C)OS(=O)(=O)C(F)(F)F. The van der Waals surface area contributed by atoms with E-state index in [0.717, 1.165) is 0 Å². The smallest absolute Gasteiger partial charge is 0.452 e. The van der Waals surface area contributed by atoms with Crippen molar-refractivity contribution in [3.8, 4) is 0 Å². The summed E-state index contributed by atoms with van der Waals surface area (Å²) in [5.41, 5.74) is -2.00. The van der Waals surface area contributed by atoms with Crippen LogP contribution in [-0.2, 0) is 37.7 Å². The lowest BCUT2D eigenvalue weighted by atomic mass is 9.95. The van der Waals surface area contributed by atoms with Crippen molar-refractivity contribution >= 4 is 24.4 Å². The van der Waals surface area contributed by atoms with Crippen LogP contribution >= 0.6 is 0 Å². The van der Waals surface area contributed by atoms with Gasteiger partial charge in [-0.15, -0.1) is 0 Å². The number of carbonyl (C=O) groups excluding carboxylic acids is 1. The Bertz CT molecular complexity index is 796. The topological polar surface area (TPSA) is 125 Å². The molecule has 14 heteroatoms. The minimum absolute atomic E-state index is 0.320. The Labute approximate surface area is 180 Å². The molecular formula is C17H31F3NO8SSi+. The van der Waals surface area contributed by atoms with E-state index >= 15 is 0 Å². The fourth-order valence-electron chi connectivity index (χ4n) is 2.99. The van der Waals surface area contributed by atoms with Gasteiger partial charge in [0.05, 0.1) is 6.61 Å². The van der Waals surface area contributed by atoms with Crippen molar-refractivity contribution in [2.75, 3.05) is 6.61 Å². The first-order chi connectivity index (χ1) is 13.7. The lowest BCUT2D eigenvalue weighted by molar-refractivity contribution is -0.435. The van der Waals surface area contributed by atoms with Crippen molar-refractivity contribution in [1.29, 1.82) is 0 Å². The molecule has 2 saturated heterocycles. The summed E-state index contributed by atoms with van der Waals surface area (Å²) in [5, 5.41) is -0.320. The molecule has 0 spiro atoms. The van der Waals surface area contributed by atoms with E-state index in [2.05, 4.69) is 9.92 Å². The molecule has 0 aromatic rings. The Balaban J connectivity index is 2.40. The van der Waals surface area contributed by atoms with Crippen molar-refractivity contribution in [2.24, 2.45) is 0 Å². The molecule has 0 unspecified atom stereocenters. The second-order valence-corrected chi connectivity index (χ2v) is 16.1. The molecule has 182 valence electrons. The average molecular weight is 495 g/mol. The van der Waals surface area contributed by atoms with Gasteiger partial charge in [-0.2, -0.15) is 21.6 Å². The van der Waals surface area contributed by atoms with Crippen LogP contribution in [0.5, 0.6) is 0 Å². The molecule has 3 N–H and O–H groups in total. The number of ether oxygens (including phenoxy) is 3. The maximum Gasteiger partial charge on any atom is 0.523 e. The number of esters is 1. The molecule has 2 rings (SSSR count). The third-order valence-electron chi connectivity index (χ3n) is 5.75. The summed E-state index contributed by atoms with van der Waals surface area (Å²) in [5.74, 6) is -2.05. The fraction of sp³-hybridized carbons (Fsp3) is 0.941.